The number of fused-ring (bicyclic) bond motifs is 1. The van der Waals surface area contributed by atoms with E-state index in [4.69, 9.17) is 5.21 Å². The van der Waals surface area contributed by atoms with E-state index in [0.717, 1.165) is 28.1 Å². The van der Waals surface area contributed by atoms with Gasteiger partial charge in [-0.2, -0.15) is 0 Å². The number of rotatable bonds is 3. The van der Waals surface area contributed by atoms with Crippen LogP contribution in [-0.2, 0) is 9.59 Å². The van der Waals surface area contributed by atoms with Gasteiger partial charge in [0.1, 0.15) is 6.54 Å². The number of anilines is 1. The van der Waals surface area contributed by atoms with Gasteiger partial charge in [-0.15, -0.1) is 0 Å². The molecule has 6 nitrogen and oxygen atoms in total. The molecule has 1 aliphatic heterocycles. The Morgan fingerprint density at radius 2 is 2.00 bits per heavy atom. The van der Waals surface area contributed by atoms with Gasteiger partial charge in [0, 0.05) is 24.3 Å². The van der Waals surface area contributed by atoms with Crippen LogP contribution in [0.2, 0.25) is 0 Å². The molecule has 0 fully saturated rings. The number of aliphatic imine (C=N–C) groups is 1. The number of nitrogens with one attached hydrogen (secondary N) is 1. The lowest BCUT2D eigenvalue weighted by Crippen LogP contribution is -2.27. The Morgan fingerprint density at radius 3 is 2.72 bits per heavy atom. The monoisotopic (exact) mass is 335 g/mol. The van der Waals surface area contributed by atoms with Gasteiger partial charge in [-0.1, -0.05) is 42.5 Å². The standard InChI is InChI=1S/C19H17N3O3/c1-22-16-11-13(8-10-17(23)21-25)7-9-15(16)19(20-12-18(22)24)14-5-3-2-4-6-14/h2-11,25H,12H2,1H3,(H,21,23). The predicted molar refractivity (Wildman–Crippen MR) is 95.8 cm³/mol. The minimum Gasteiger partial charge on any atom is -0.313 e. The minimum absolute atomic E-state index is 0.0769. The summed E-state index contributed by atoms with van der Waals surface area (Å²) in [6.07, 6.45) is 2.78. The molecule has 25 heavy (non-hydrogen) atoms. The summed E-state index contributed by atoms with van der Waals surface area (Å²) in [4.78, 5) is 29.5. The molecule has 2 amide bonds. The van der Waals surface area contributed by atoms with Crippen molar-refractivity contribution in [1.29, 1.82) is 0 Å². The van der Waals surface area contributed by atoms with E-state index < -0.39 is 5.91 Å². The fraction of sp³-hybridized carbons (Fsp3) is 0.105. The predicted octanol–water partition coefficient (Wildman–Crippen LogP) is 2.02. The Balaban J connectivity index is 2.08. The van der Waals surface area contributed by atoms with Gasteiger partial charge < -0.3 is 4.90 Å². The van der Waals surface area contributed by atoms with Crippen molar-refractivity contribution in [3.05, 3.63) is 71.3 Å². The third-order valence-electron chi connectivity index (χ3n) is 3.97. The zero-order valence-electron chi connectivity index (χ0n) is 13.6. The van der Waals surface area contributed by atoms with E-state index in [0.29, 0.717) is 0 Å². The molecular weight excluding hydrogens is 318 g/mol. The van der Waals surface area contributed by atoms with Gasteiger partial charge in [0.2, 0.25) is 5.91 Å². The average molecular weight is 335 g/mol. The zero-order chi connectivity index (χ0) is 17.8. The van der Waals surface area contributed by atoms with Crippen LogP contribution in [0.1, 0.15) is 16.7 Å². The molecule has 1 aliphatic rings. The summed E-state index contributed by atoms with van der Waals surface area (Å²) >= 11 is 0. The first-order chi connectivity index (χ1) is 12.1. The first kappa shape index (κ1) is 16.6. The normalized spacial score (nSPS) is 14.1. The molecule has 1 heterocycles. The smallest absolute Gasteiger partial charge is 0.267 e. The Labute approximate surface area is 145 Å². The molecule has 0 aliphatic carbocycles. The molecule has 0 radical (unpaired) electrons. The van der Waals surface area contributed by atoms with E-state index >= 15 is 0 Å². The van der Waals surface area contributed by atoms with Crippen LogP contribution in [0, 0.1) is 0 Å². The van der Waals surface area contributed by atoms with Crippen molar-refractivity contribution >= 4 is 29.3 Å². The van der Waals surface area contributed by atoms with Crippen molar-refractivity contribution in [1.82, 2.24) is 5.48 Å². The number of hydrogen-bond donors (Lipinski definition) is 2. The molecule has 2 N–H and O–H groups in total. The number of hydrogen-bond acceptors (Lipinski definition) is 4. The lowest BCUT2D eigenvalue weighted by atomic mass is 9.98. The summed E-state index contributed by atoms with van der Waals surface area (Å²) in [6, 6.07) is 15.2. The summed E-state index contributed by atoms with van der Waals surface area (Å²) in [5.41, 5.74) is 5.55. The zero-order valence-corrected chi connectivity index (χ0v) is 13.6. The number of nitrogens with zero attached hydrogens (tertiary/aromatic N) is 2. The molecule has 0 unspecified atom stereocenters. The second kappa shape index (κ2) is 7.11. The number of likely N-dealkylation sites (N-methyl/N-ethyl adjacent to an activating group) is 1. The second-order valence-electron chi connectivity index (χ2n) is 5.57. The SMILES string of the molecule is CN1C(=O)CN=C(c2ccccc2)c2ccc(C=CC(=O)NO)cc21. The van der Waals surface area contributed by atoms with Crippen LogP contribution in [0.4, 0.5) is 5.69 Å². The molecule has 0 spiro atoms. The molecule has 0 aromatic heterocycles. The van der Waals surface area contributed by atoms with Crippen LogP contribution in [0.25, 0.3) is 6.08 Å². The summed E-state index contributed by atoms with van der Waals surface area (Å²) < 4.78 is 0. The van der Waals surface area contributed by atoms with Crippen molar-refractivity contribution in [3.63, 3.8) is 0 Å². The maximum absolute atomic E-state index is 12.3. The molecule has 2 aromatic carbocycles. The lowest BCUT2D eigenvalue weighted by molar-refractivity contribution is -0.124. The highest BCUT2D eigenvalue weighted by Crippen LogP contribution is 2.27. The van der Waals surface area contributed by atoms with E-state index in [-0.39, 0.29) is 12.5 Å². The number of carbonyl (C=O) groups excluding carboxylic acids is 2. The highest BCUT2D eigenvalue weighted by Gasteiger charge is 2.22. The first-order valence-corrected chi connectivity index (χ1v) is 7.73. The van der Waals surface area contributed by atoms with Gasteiger partial charge >= 0.3 is 0 Å². The van der Waals surface area contributed by atoms with Crippen LogP contribution < -0.4 is 10.4 Å². The molecule has 6 heteroatoms. The van der Waals surface area contributed by atoms with Gasteiger partial charge in [0.05, 0.1) is 11.4 Å². The number of benzodiazepines with no additional fused rings is 1. The number of amides is 2. The van der Waals surface area contributed by atoms with Crippen LogP contribution in [-0.4, -0.2) is 36.3 Å². The van der Waals surface area contributed by atoms with Crippen LogP contribution in [0.15, 0.2) is 59.6 Å². The van der Waals surface area contributed by atoms with E-state index in [2.05, 4.69) is 4.99 Å². The van der Waals surface area contributed by atoms with Gasteiger partial charge in [0.15, 0.2) is 0 Å². The molecule has 0 bridgehead atoms. The van der Waals surface area contributed by atoms with E-state index in [1.165, 1.54) is 6.08 Å². The van der Waals surface area contributed by atoms with Crippen LogP contribution in [0.5, 0.6) is 0 Å². The maximum atomic E-state index is 12.3. The van der Waals surface area contributed by atoms with Crippen LogP contribution in [0.3, 0.4) is 0 Å². The second-order valence-corrected chi connectivity index (χ2v) is 5.57. The number of hydroxylamine groups is 1. The van der Waals surface area contributed by atoms with Gasteiger partial charge in [-0.3, -0.25) is 19.8 Å². The Bertz CT molecular complexity index is 873. The summed E-state index contributed by atoms with van der Waals surface area (Å²) in [5.74, 6) is -0.729. The van der Waals surface area contributed by atoms with E-state index in [1.807, 2.05) is 48.5 Å². The third kappa shape index (κ3) is 3.49. The largest absolute Gasteiger partial charge is 0.313 e. The Hall–Kier alpha value is -3.25. The molecule has 0 saturated heterocycles. The van der Waals surface area contributed by atoms with Crippen LogP contribution >= 0.6 is 0 Å². The Kier molecular flexibility index (Phi) is 4.72. The molecular formula is C19H17N3O3. The summed E-state index contributed by atoms with van der Waals surface area (Å²) in [6.45, 7) is 0.0769. The summed E-state index contributed by atoms with van der Waals surface area (Å²) in [7, 11) is 1.71. The fourth-order valence-electron chi connectivity index (χ4n) is 2.65. The number of benzene rings is 2. The first-order valence-electron chi connectivity index (χ1n) is 7.73. The highest BCUT2D eigenvalue weighted by atomic mass is 16.5. The van der Waals surface area contributed by atoms with Crippen molar-refractivity contribution in [3.8, 4) is 0 Å². The molecule has 126 valence electrons. The Morgan fingerprint density at radius 1 is 1.24 bits per heavy atom. The quantitative estimate of drug-likeness (QED) is 0.511. The minimum atomic E-state index is -0.620. The average Bonchev–Trinajstić information content (AvgIpc) is 2.78. The molecule has 2 aromatic rings. The van der Waals surface area contributed by atoms with Crippen molar-refractivity contribution in [2.24, 2.45) is 4.99 Å². The van der Waals surface area contributed by atoms with Gasteiger partial charge in [0.25, 0.3) is 5.91 Å². The van der Waals surface area contributed by atoms with Crippen molar-refractivity contribution in [2.45, 2.75) is 0 Å². The van der Waals surface area contributed by atoms with E-state index in [1.54, 1.807) is 23.5 Å². The maximum Gasteiger partial charge on any atom is 0.267 e. The highest BCUT2D eigenvalue weighted by molar-refractivity contribution is 6.19. The van der Waals surface area contributed by atoms with Crippen molar-refractivity contribution in [2.75, 3.05) is 18.5 Å². The number of carbonyl (C=O) groups is 2. The lowest BCUT2D eigenvalue weighted by Gasteiger charge is -2.18. The van der Waals surface area contributed by atoms with Gasteiger partial charge in [-0.25, -0.2) is 5.48 Å². The van der Waals surface area contributed by atoms with Crippen molar-refractivity contribution < 1.29 is 14.8 Å². The third-order valence-corrected chi connectivity index (χ3v) is 3.97. The molecule has 0 saturated carbocycles. The van der Waals surface area contributed by atoms with Gasteiger partial charge in [-0.05, 0) is 17.7 Å². The fourth-order valence-corrected chi connectivity index (χ4v) is 2.65. The molecule has 3 rings (SSSR count). The summed E-state index contributed by atoms with van der Waals surface area (Å²) in [5, 5.41) is 8.56. The van der Waals surface area contributed by atoms with E-state index in [9.17, 15) is 9.59 Å². The topological polar surface area (TPSA) is 82.0 Å². The molecule has 0 atom stereocenters.